The molecule has 5 unspecified atom stereocenters. The van der Waals surface area contributed by atoms with Crippen LogP contribution in [-0.4, -0.2) is 54.6 Å². The summed E-state index contributed by atoms with van der Waals surface area (Å²) in [6.07, 6.45) is -0.266. The van der Waals surface area contributed by atoms with Gasteiger partial charge in [-0.3, -0.25) is 0 Å². The van der Waals surface area contributed by atoms with Crippen molar-refractivity contribution in [3.63, 3.8) is 0 Å². The van der Waals surface area contributed by atoms with Crippen LogP contribution in [0.2, 0.25) is 0 Å². The molecule has 4 rings (SSSR count). The zero-order valence-corrected chi connectivity index (χ0v) is 17.6. The van der Waals surface area contributed by atoms with Crippen LogP contribution in [0.1, 0.15) is 6.23 Å². The Morgan fingerprint density at radius 3 is 2.79 bits per heavy atom. The number of ether oxygens (including phenoxy) is 1. The molecular formula is C15H16N4NaO7P. The number of aliphatic hydroxyl groups is 2. The molecule has 3 aromatic heterocycles. The van der Waals surface area contributed by atoms with E-state index in [1.807, 2.05) is 0 Å². The number of aliphatic hydroxyl groups excluding tert-OH is 2. The molecule has 3 aromatic rings. The first-order chi connectivity index (χ1) is 13.0. The smallest absolute Gasteiger partial charge is 0.786 e. The number of nitrogens with two attached hydrogens (primary N) is 1. The summed E-state index contributed by atoms with van der Waals surface area (Å²) < 4.78 is 17.2. The number of hydrogen-bond donors (Lipinski definition) is 4. The first-order valence-electron chi connectivity index (χ1n) is 7.93. The van der Waals surface area contributed by atoms with Crippen molar-refractivity contribution >= 4 is 25.5 Å². The molecule has 0 bridgehead atoms. The van der Waals surface area contributed by atoms with Crippen molar-refractivity contribution < 1.29 is 63.2 Å². The van der Waals surface area contributed by atoms with Crippen molar-refractivity contribution in [3.8, 4) is 11.3 Å². The third kappa shape index (κ3) is 3.83. The van der Waals surface area contributed by atoms with Gasteiger partial charge in [-0.05, 0) is 12.1 Å². The van der Waals surface area contributed by atoms with Gasteiger partial charge in [0.05, 0.1) is 26.9 Å². The molecule has 1 saturated heterocycles. The Hall–Kier alpha value is -1.11. The van der Waals surface area contributed by atoms with Gasteiger partial charge in [-0.15, -0.1) is 0 Å². The fourth-order valence-electron chi connectivity index (χ4n) is 3.15. The molecule has 0 amide bonds. The molecule has 0 aromatic carbocycles. The van der Waals surface area contributed by atoms with Crippen LogP contribution in [0, 0.1) is 0 Å². The summed E-state index contributed by atoms with van der Waals surface area (Å²) >= 11 is 0. The van der Waals surface area contributed by atoms with E-state index < -0.39 is 33.1 Å². The van der Waals surface area contributed by atoms with Crippen LogP contribution < -0.4 is 40.2 Å². The number of fused-ring (bicyclic) bond motifs is 1. The Kier molecular flexibility index (Phi) is 6.72. The van der Waals surface area contributed by atoms with E-state index in [1.54, 1.807) is 18.3 Å². The molecule has 0 saturated carbocycles. The quantitative estimate of drug-likeness (QED) is 0.241. The number of nitrogens with zero attached hydrogens (tertiary/aromatic N) is 3. The van der Waals surface area contributed by atoms with Crippen LogP contribution in [0.15, 0.2) is 35.3 Å². The van der Waals surface area contributed by atoms with Crippen LogP contribution in [-0.2, 0) is 9.26 Å². The molecule has 11 nitrogen and oxygen atoms in total. The molecule has 0 aliphatic carbocycles. The van der Waals surface area contributed by atoms with E-state index in [9.17, 15) is 15.1 Å². The van der Waals surface area contributed by atoms with E-state index >= 15 is 0 Å². The van der Waals surface area contributed by atoms with E-state index in [-0.39, 0.29) is 42.0 Å². The van der Waals surface area contributed by atoms with Crippen molar-refractivity contribution in [2.45, 2.75) is 24.5 Å². The van der Waals surface area contributed by atoms with E-state index in [4.69, 9.17) is 19.8 Å². The maximum atomic E-state index is 10.7. The zero-order chi connectivity index (χ0) is 19.1. The second-order valence-corrected chi connectivity index (χ2v) is 6.70. The van der Waals surface area contributed by atoms with Crippen molar-refractivity contribution in [2.24, 2.45) is 0 Å². The molecule has 4 heterocycles. The molecule has 0 radical (unpaired) electrons. The minimum Gasteiger partial charge on any atom is -0.786 e. The SMILES string of the molecule is Nc1ncnc2c1c(-c1ccco1)cn2C1OC(COP([O-])O)C(O)C1O.[Na+]. The number of anilines is 1. The zero-order valence-electron chi connectivity index (χ0n) is 14.7. The first kappa shape index (κ1) is 21.6. The van der Waals surface area contributed by atoms with E-state index in [0.29, 0.717) is 22.4 Å². The number of aromatic nitrogens is 3. The Morgan fingerprint density at radius 2 is 2.11 bits per heavy atom. The average molecular weight is 418 g/mol. The van der Waals surface area contributed by atoms with Crippen molar-refractivity contribution in [2.75, 3.05) is 12.3 Å². The van der Waals surface area contributed by atoms with Gasteiger partial charge in [0.1, 0.15) is 41.9 Å². The van der Waals surface area contributed by atoms with Crippen molar-refractivity contribution in [3.05, 3.63) is 30.9 Å². The van der Waals surface area contributed by atoms with Crippen molar-refractivity contribution in [1.82, 2.24) is 14.5 Å². The van der Waals surface area contributed by atoms with Crippen LogP contribution in [0.4, 0.5) is 5.82 Å². The van der Waals surface area contributed by atoms with Crippen LogP contribution in [0.3, 0.4) is 0 Å². The van der Waals surface area contributed by atoms with Crippen LogP contribution in [0.5, 0.6) is 0 Å². The van der Waals surface area contributed by atoms with Gasteiger partial charge in [0.25, 0.3) is 0 Å². The molecule has 28 heavy (non-hydrogen) atoms. The maximum absolute atomic E-state index is 10.7. The summed E-state index contributed by atoms with van der Waals surface area (Å²) in [5.74, 6) is 0.737. The number of furan rings is 1. The number of hydrogen-bond acceptors (Lipinski definition) is 10. The van der Waals surface area contributed by atoms with Crippen LogP contribution >= 0.6 is 8.60 Å². The van der Waals surface area contributed by atoms with Gasteiger partial charge >= 0.3 is 29.6 Å². The fraction of sp³-hybridized carbons (Fsp3) is 0.333. The standard InChI is InChI=1S/C15H16N4O7P.Na/c16-13-10-7(8-2-1-3-24-8)4-19(14(10)18-6-17-13)15-12(21)11(20)9(26-15)5-25-27(22)23;/h1-4,6,9,11-12,15,20-22H,5H2,(H2,16,17,18);/q-1;+1. The Balaban J connectivity index is 0.00000225. The molecule has 0 spiro atoms. The summed E-state index contributed by atoms with van der Waals surface area (Å²) in [5, 5.41) is 21.1. The summed E-state index contributed by atoms with van der Waals surface area (Å²) in [5.41, 5.74) is 6.98. The molecule has 13 heteroatoms. The van der Waals surface area contributed by atoms with Gasteiger partial charge in [-0.1, -0.05) is 0 Å². The second kappa shape index (κ2) is 8.72. The Bertz CT molecular complexity index is 938. The summed E-state index contributed by atoms with van der Waals surface area (Å²) in [6, 6.07) is 3.45. The Morgan fingerprint density at radius 1 is 1.32 bits per heavy atom. The van der Waals surface area contributed by atoms with E-state index in [0.717, 1.165) is 0 Å². The molecule has 1 fully saturated rings. The van der Waals surface area contributed by atoms with E-state index in [1.165, 1.54) is 17.2 Å². The molecular weight excluding hydrogens is 402 g/mol. The van der Waals surface area contributed by atoms with Crippen LogP contribution in [0.25, 0.3) is 22.4 Å². The molecule has 5 atom stereocenters. The molecule has 1 aliphatic heterocycles. The fourth-order valence-corrected chi connectivity index (χ4v) is 3.43. The third-order valence-corrected chi connectivity index (χ3v) is 4.76. The monoisotopic (exact) mass is 418 g/mol. The summed E-state index contributed by atoms with van der Waals surface area (Å²) in [6.45, 7) is -0.359. The topological polar surface area (TPSA) is 172 Å². The number of nitrogen functional groups attached to an aromatic ring is 1. The van der Waals surface area contributed by atoms with Crippen molar-refractivity contribution in [1.29, 1.82) is 0 Å². The Labute approximate surface area is 182 Å². The van der Waals surface area contributed by atoms with E-state index in [2.05, 4.69) is 14.5 Å². The molecule has 1 aliphatic rings. The summed E-state index contributed by atoms with van der Waals surface area (Å²) in [7, 11) is -2.85. The van der Waals surface area contributed by atoms with Gasteiger partial charge in [-0.2, -0.15) is 0 Å². The van der Waals surface area contributed by atoms with Gasteiger partial charge in [-0.25, -0.2) is 9.97 Å². The predicted molar refractivity (Wildman–Crippen MR) is 90.7 cm³/mol. The van der Waals surface area contributed by atoms with Gasteiger partial charge in [0.15, 0.2) is 6.23 Å². The minimum atomic E-state index is -2.85. The van der Waals surface area contributed by atoms with Gasteiger partial charge in [0, 0.05) is 11.8 Å². The number of rotatable bonds is 5. The molecule has 144 valence electrons. The normalized spacial score (nSPS) is 25.7. The molecule has 5 N–H and O–H groups in total. The second-order valence-electron chi connectivity index (χ2n) is 5.96. The largest absolute Gasteiger partial charge is 1.00 e. The van der Waals surface area contributed by atoms with Gasteiger partial charge in [0.2, 0.25) is 0 Å². The minimum absolute atomic E-state index is 0. The summed E-state index contributed by atoms with van der Waals surface area (Å²) in [4.78, 5) is 27.7. The first-order valence-corrected chi connectivity index (χ1v) is 9.06. The third-order valence-electron chi connectivity index (χ3n) is 4.39. The predicted octanol–water partition coefficient (Wildman–Crippen LogP) is -3.51. The average Bonchev–Trinajstić information content (AvgIpc) is 3.34. The maximum Gasteiger partial charge on any atom is 1.00 e. The van der Waals surface area contributed by atoms with Gasteiger partial charge < -0.3 is 44.0 Å².